The van der Waals surface area contributed by atoms with Crippen molar-refractivity contribution in [1.29, 1.82) is 0 Å². The number of esters is 1. The predicted molar refractivity (Wildman–Crippen MR) is 79.1 cm³/mol. The zero-order chi connectivity index (χ0) is 13.9. The van der Waals surface area contributed by atoms with Crippen LogP contribution in [-0.4, -0.2) is 13.1 Å². The first-order valence-corrected chi connectivity index (χ1v) is 6.51. The van der Waals surface area contributed by atoms with Gasteiger partial charge in [0.15, 0.2) is 0 Å². The van der Waals surface area contributed by atoms with E-state index in [1.807, 2.05) is 54.6 Å². The van der Waals surface area contributed by atoms with Gasteiger partial charge in [0.05, 0.1) is 18.4 Å². The van der Waals surface area contributed by atoms with Gasteiger partial charge >= 0.3 is 5.97 Å². The van der Waals surface area contributed by atoms with Crippen molar-refractivity contribution in [3.8, 4) is 0 Å². The van der Waals surface area contributed by atoms with Crippen molar-refractivity contribution < 1.29 is 9.53 Å². The van der Waals surface area contributed by atoms with Crippen LogP contribution < -0.4 is 5.32 Å². The lowest BCUT2D eigenvalue weighted by Gasteiger charge is -2.23. The number of hydrogen-bond acceptors (Lipinski definition) is 3. The lowest BCUT2D eigenvalue weighted by atomic mass is 9.94. The maximum absolute atomic E-state index is 12.0. The van der Waals surface area contributed by atoms with E-state index < -0.39 is 0 Å². The van der Waals surface area contributed by atoms with Gasteiger partial charge in [0.1, 0.15) is 0 Å². The first kappa shape index (κ1) is 12.5. The van der Waals surface area contributed by atoms with Crippen LogP contribution in [0.15, 0.2) is 60.2 Å². The normalized spacial score (nSPS) is 13.4. The Bertz CT molecular complexity index is 674. The summed E-state index contributed by atoms with van der Waals surface area (Å²) in [5, 5.41) is 3.36. The van der Waals surface area contributed by atoms with Gasteiger partial charge in [0.25, 0.3) is 0 Å². The van der Waals surface area contributed by atoms with E-state index in [0.717, 1.165) is 22.5 Å². The van der Waals surface area contributed by atoms with Crippen LogP contribution in [0.4, 0.5) is 5.69 Å². The maximum Gasteiger partial charge on any atom is 0.336 e. The lowest BCUT2D eigenvalue weighted by Crippen LogP contribution is -2.19. The monoisotopic (exact) mass is 265 g/mol. The number of benzene rings is 2. The zero-order valence-corrected chi connectivity index (χ0v) is 11.2. The molecule has 0 aromatic heterocycles. The number of hydrogen-bond donors (Lipinski definition) is 1. The van der Waals surface area contributed by atoms with Crippen molar-refractivity contribution in [2.75, 3.05) is 12.4 Å². The summed E-state index contributed by atoms with van der Waals surface area (Å²) in [5.74, 6) is -0.286. The first-order valence-electron chi connectivity index (χ1n) is 6.51. The summed E-state index contributed by atoms with van der Waals surface area (Å²) in [5.41, 5.74) is 4.63. The summed E-state index contributed by atoms with van der Waals surface area (Å²) >= 11 is 0. The summed E-state index contributed by atoms with van der Waals surface area (Å²) in [6.45, 7) is 0. The molecule has 3 heteroatoms. The minimum Gasteiger partial charge on any atom is -0.466 e. The molecule has 3 rings (SSSR count). The average molecular weight is 265 g/mol. The van der Waals surface area contributed by atoms with Crippen LogP contribution in [-0.2, 0) is 16.0 Å². The van der Waals surface area contributed by atoms with E-state index in [2.05, 4.69) is 5.32 Å². The quantitative estimate of drug-likeness (QED) is 0.847. The molecule has 0 unspecified atom stereocenters. The fourth-order valence-electron chi connectivity index (χ4n) is 2.43. The van der Waals surface area contributed by atoms with Crippen LogP contribution in [0.3, 0.4) is 0 Å². The van der Waals surface area contributed by atoms with E-state index in [4.69, 9.17) is 4.74 Å². The van der Waals surface area contributed by atoms with Gasteiger partial charge < -0.3 is 10.1 Å². The fourth-order valence-corrected chi connectivity index (χ4v) is 2.43. The molecule has 100 valence electrons. The molecule has 1 heterocycles. The molecule has 20 heavy (non-hydrogen) atoms. The number of ether oxygens (including phenoxy) is 1. The van der Waals surface area contributed by atoms with Gasteiger partial charge in [0.2, 0.25) is 0 Å². The van der Waals surface area contributed by atoms with Crippen molar-refractivity contribution in [3.05, 3.63) is 71.3 Å². The Labute approximate surface area is 117 Å². The van der Waals surface area contributed by atoms with Gasteiger partial charge in [-0.3, -0.25) is 0 Å². The van der Waals surface area contributed by atoms with Gasteiger partial charge in [-0.25, -0.2) is 4.79 Å². The first-order chi connectivity index (χ1) is 9.79. The minimum atomic E-state index is -0.286. The third-order valence-corrected chi connectivity index (χ3v) is 3.44. The second-order valence-corrected chi connectivity index (χ2v) is 4.67. The Balaban J connectivity index is 2.11. The summed E-state index contributed by atoms with van der Waals surface area (Å²) in [6.07, 6.45) is 0.583. The number of carbonyl (C=O) groups is 1. The number of anilines is 1. The number of nitrogens with one attached hydrogen (secondary N) is 1. The Morgan fingerprint density at radius 3 is 2.50 bits per heavy atom. The zero-order valence-electron chi connectivity index (χ0n) is 11.2. The highest BCUT2D eigenvalue weighted by Gasteiger charge is 2.23. The van der Waals surface area contributed by atoms with Gasteiger partial charge in [-0.1, -0.05) is 48.5 Å². The molecule has 0 radical (unpaired) electrons. The van der Waals surface area contributed by atoms with E-state index in [1.165, 1.54) is 7.11 Å². The Kier molecular flexibility index (Phi) is 3.25. The third kappa shape index (κ3) is 2.18. The third-order valence-electron chi connectivity index (χ3n) is 3.44. The van der Waals surface area contributed by atoms with Crippen molar-refractivity contribution in [3.63, 3.8) is 0 Å². The van der Waals surface area contributed by atoms with E-state index in [1.54, 1.807) is 0 Å². The molecule has 0 aliphatic carbocycles. The van der Waals surface area contributed by atoms with Gasteiger partial charge in [-0.15, -0.1) is 0 Å². The SMILES string of the molecule is COC(=O)C1=C(c2ccccc2)Nc2ccccc2C1. The molecule has 2 aromatic carbocycles. The van der Waals surface area contributed by atoms with Gasteiger partial charge in [0, 0.05) is 12.1 Å². The van der Waals surface area contributed by atoms with Crippen LogP contribution >= 0.6 is 0 Å². The van der Waals surface area contributed by atoms with Crippen LogP contribution in [0.25, 0.3) is 5.70 Å². The summed E-state index contributed by atoms with van der Waals surface area (Å²) < 4.78 is 4.92. The van der Waals surface area contributed by atoms with E-state index in [9.17, 15) is 4.79 Å². The van der Waals surface area contributed by atoms with E-state index in [-0.39, 0.29) is 5.97 Å². The molecule has 0 amide bonds. The molecular weight excluding hydrogens is 250 g/mol. The second-order valence-electron chi connectivity index (χ2n) is 4.67. The van der Waals surface area contributed by atoms with Gasteiger partial charge in [-0.2, -0.15) is 0 Å². The van der Waals surface area contributed by atoms with Crippen LogP contribution in [0.5, 0.6) is 0 Å². The molecule has 0 saturated heterocycles. The van der Waals surface area contributed by atoms with Crippen LogP contribution in [0, 0.1) is 0 Å². The Hall–Kier alpha value is -2.55. The molecule has 0 spiro atoms. The summed E-state index contributed by atoms with van der Waals surface area (Å²) in [7, 11) is 1.42. The standard InChI is InChI=1S/C17H15NO2/c1-20-17(19)14-11-13-9-5-6-10-15(13)18-16(14)12-7-3-2-4-8-12/h2-10,18H,11H2,1H3. The second kappa shape index (κ2) is 5.21. The molecule has 1 N–H and O–H groups in total. The van der Waals surface area contributed by atoms with Crippen molar-refractivity contribution in [1.82, 2.24) is 0 Å². The predicted octanol–water partition coefficient (Wildman–Crippen LogP) is 3.24. The molecular formula is C17H15NO2. The van der Waals surface area contributed by atoms with Crippen molar-refractivity contribution in [2.45, 2.75) is 6.42 Å². The Morgan fingerprint density at radius 1 is 1.05 bits per heavy atom. The molecule has 0 fully saturated rings. The molecule has 3 nitrogen and oxygen atoms in total. The summed E-state index contributed by atoms with van der Waals surface area (Å²) in [4.78, 5) is 12.0. The largest absolute Gasteiger partial charge is 0.466 e. The minimum absolute atomic E-state index is 0.286. The molecule has 1 aliphatic rings. The van der Waals surface area contributed by atoms with E-state index >= 15 is 0 Å². The number of rotatable bonds is 2. The molecule has 1 aliphatic heterocycles. The summed E-state index contributed by atoms with van der Waals surface area (Å²) in [6, 6.07) is 17.8. The smallest absolute Gasteiger partial charge is 0.336 e. The van der Waals surface area contributed by atoms with Crippen LogP contribution in [0.1, 0.15) is 11.1 Å². The Morgan fingerprint density at radius 2 is 1.75 bits per heavy atom. The number of carbonyl (C=O) groups excluding carboxylic acids is 1. The molecule has 0 saturated carbocycles. The topological polar surface area (TPSA) is 38.3 Å². The average Bonchev–Trinajstić information content (AvgIpc) is 2.53. The highest BCUT2D eigenvalue weighted by Crippen LogP contribution is 2.32. The highest BCUT2D eigenvalue weighted by atomic mass is 16.5. The molecule has 2 aromatic rings. The number of para-hydroxylation sites is 1. The molecule has 0 bridgehead atoms. The van der Waals surface area contributed by atoms with Crippen LogP contribution in [0.2, 0.25) is 0 Å². The van der Waals surface area contributed by atoms with Crippen molar-refractivity contribution >= 4 is 17.4 Å². The van der Waals surface area contributed by atoms with Gasteiger partial charge in [-0.05, 0) is 17.2 Å². The van der Waals surface area contributed by atoms with Crippen molar-refractivity contribution in [2.24, 2.45) is 0 Å². The maximum atomic E-state index is 12.0. The number of fused-ring (bicyclic) bond motifs is 1. The van der Waals surface area contributed by atoms with E-state index in [0.29, 0.717) is 12.0 Å². The highest BCUT2D eigenvalue weighted by molar-refractivity contribution is 6.02. The lowest BCUT2D eigenvalue weighted by molar-refractivity contribution is -0.136. The molecule has 0 atom stereocenters. The number of methoxy groups -OCH3 is 1. The fraction of sp³-hybridized carbons (Fsp3) is 0.118.